The van der Waals surface area contributed by atoms with Crippen molar-refractivity contribution in [2.75, 3.05) is 18.5 Å². The second-order valence-electron chi connectivity index (χ2n) is 5.68. The van der Waals surface area contributed by atoms with Crippen molar-refractivity contribution < 1.29 is 9.53 Å². The Balaban J connectivity index is 1.44. The van der Waals surface area contributed by atoms with Gasteiger partial charge in [0.25, 0.3) is 0 Å². The van der Waals surface area contributed by atoms with Crippen molar-refractivity contribution in [3.63, 3.8) is 0 Å². The van der Waals surface area contributed by atoms with Crippen LogP contribution in [-0.2, 0) is 0 Å². The number of para-hydroxylation sites is 1. The number of rotatable bonds is 7. The summed E-state index contributed by atoms with van der Waals surface area (Å²) in [7, 11) is 0. The van der Waals surface area contributed by atoms with Crippen molar-refractivity contribution in [1.82, 2.24) is 10.3 Å². The van der Waals surface area contributed by atoms with Gasteiger partial charge in [-0.25, -0.2) is 4.79 Å². The van der Waals surface area contributed by atoms with Crippen molar-refractivity contribution in [3.8, 4) is 16.9 Å². The summed E-state index contributed by atoms with van der Waals surface area (Å²) in [6.45, 7) is 1.06. The molecule has 2 aromatic carbocycles. The van der Waals surface area contributed by atoms with Crippen LogP contribution in [0.5, 0.6) is 5.75 Å². The second-order valence-corrected chi connectivity index (χ2v) is 5.68. The molecule has 5 nitrogen and oxygen atoms in total. The van der Waals surface area contributed by atoms with Gasteiger partial charge in [0, 0.05) is 30.2 Å². The van der Waals surface area contributed by atoms with Crippen LogP contribution in [-0.4, -0.2) is 24.2 Å². The van der Waals surface area contributed by atoms with Crippen molar-refractivity contribution in [2.45, 2.75) is 6.42 Å². The molecule has 0 aliphatic carbocycles. The molecule has 0 fully saturated rings. The Kier molecular flexibility index (Phi) is 6.20. The Hall–Kier alpha value is -3.34. The van der Waals surface area contributed by atoms with Gasteiger partial charge >= 0.3 is 6.03 Å². The summed E-state index contributed by atoms with van der Waals surface area (Å²) in [5.74, 6) is 0.847. The van der Waals surface area contributed by atoms with E-state index in [0.717, 1.165) is 16.9 Å². The molecule has 3 rings (SSSR count). The van der Waals surface area contributed by atoms with Crippen LogP contribution in [0.1, 0.15) is 6.42 Å². The van der Waals surface area contributed by atoms with Gasteiger partial charge < -0.3 is 15.4 Å². The maximum atomic E-state index is 11.8. The fourth-order valence-corrected chi connectivity index (χ4v) is 2.52. The number of anilines is 1. The molecule has 5 heteroatoms. The Bertz CT molecular complexity index is 823. The third kappa shape index (κ3) is 5.08. The van der Waals surface area contributed by atoms with Crippen molar-refractivity contribution in [2.24, 2.45) is 0 Å². The number of urea groups is 1. The summed E-state index contributed by atoms with van der Waals surface area (Å²) in [4.78, 5) is 15.7. The molecule has 132 valence electrons. The van der Waals surface area contributed by atoms with Gasteiger partial charge in [0.1, 0.15) is 5.75 Å². The number of hydrogen-bond acceptors (Lipinski definition) is 3. The van der Waals surface area contributed by atoms with Crippen LogP contribution in [0.25, 0.3) is 11.1 Å². The van der Waals surface area contributed by atoms with Gasteiger partial charge in [-0.15, -0.1) is 0 Å². The summed E-state index contributed by atoms with van der Waals surface area (Å²) in [5, 5.41) is 5.56. The van der Waals surface area contributed by atoms with E-state index in [2.05, 4.69) is 27.8 Å². The van der Waals surface area contributed by atoms with E-state index in [4.69, 9.17) is 4.74 Å². The van der Waals surface area contributed by atoms with E-state index in [-0.39, 0.29) is 6.03 Å². The van der Waals surface area contributed by atoms with E-state index in [0.29, 0.717) is 25.3 Å². The molecule has 2 N–H and O–H groups in total. The van der Waals surface area contributed by atoms with E-state index in [1.165, 1.54) is 0 Å². The average Bonchev–Trinajstić information content (AvgIpc) is 2.69. The van der Waals surface area contributed by atoms with Crippen LogP contribution in [0.3, 0.4) is 0 Å². The smallest absolute Gasteiger partial charge is 0.319 e. The van der Waals surface area contributed by atoms with Crippen LogP contribution in [0.2, 0.25) is 0 Å². The first-order valence-corrected chi connectivity index (χ1v) is 8.55. The molecule has 0 bridgehead atoms. The van der Waals surface area contributed by atoms with E-state index in [1.54, 1.807) is 24.5 Å². The van der Waals surface area contributed by atoms with Gasteiger partial charge in [-0.3, -0.25) is 4.98 Å². The first kappa shape index (κ1) is 17.5. The topological polar surface area (TPSA) is 63.2 Å². The molecule has 0 radical (unpaired) electrons. The highest BCUT2D eigenvalue weighted by atomic mass is 16.5. The monoisotopic (exact) mass is 347 g/mol. The van der Waals surface area contributed by atoms with E-state index in [9.17, 15) is 4.79 Å². The van der Waals surface area contributed by atoms with E-state index in [1.807, 2.05) is 42.5 Å². The minimum absolute atomic E-state index is 0.235. The Morgan fingerprint density at radius 1 is 0.923 bits per heavy atom. The van der Waals surface area contributed by atoms with Crippen LogP contribution >= 0.6 is 0 Å². The standard InChI is InChI=1S/C21H21N3O2/c25-21(24-18-11-14-22-15-12-18)23-13-6-16-26-20-10-5-4-9-19(20)17-7-2-1-3-8-17/h1-5,7-12,14-15H,6,13,16H2,(H2,22,23,24,25). The number of pyridine rings is 1. The Morgan fingerprint density at radius 3 is 2.46 bits per heavy atom. The largest absolute Gasteiger partial charge is 0.493 e. The fourth-order valence-electron chi connectivity index (χ4n) is 2.52. The lowest BCUT2D eigenvalue weighted by Gasteiger charge is -2.12. The fraction of sp³-hybridized carbons (Fsp3) is 0.143. The molecule has 0 aliphatic rings. The Labute approximate surface area is 153 Å². The molecule has 0 saturated heterocycles. The number of amides is 2. The normalized spacial score (nSPS) is 10.2. The molecule has 26 heavy (non-hydrogen) atoms. The predicted octanol–water partition coefficient (Wildman–Crippen LogP) is 4.34. The zero-order valence-electron chi connectivity index (χ0n) is 14.4. The number of nitrogens with zero attached hydrogens (tertiary/aromatic N) is 1. The van der Waals surface area contributed by atoms with Gasteiger partial charge in [-0.1, -0.05) is 48.5 Å². The van der Waals surface area contributed by atoms with Crippen molar-refractivity contribution in [3.05, 3.63) is 79.1 Å². The third-order valence-electron chi connectivity index (χ3n) is 3.77. The summed E-state index contributed by atoms with van der Waals surface area (Å²) < 4.78 is 5.91. The van der Waals surface area contributed by atoms with Gasteiger partial charge in [0.15, 0.2) is 0 Å². The first-order valence-electron chi connectivity index (χ1n) is 8.55. The quantitative estimate of drug-likeness (QED) is 0.625. The summed E-state index contributed by atoms with van der Waals surface area (Å²) in [6.07, 6.45) is 3.98. The van der Waals surface area contributed by atoms with Gasteiger partial charge in [0.05, 0.1) is 6.61 Å². The number of benzene rings is 2. The van der Waals surface area contributed by atoms with Gasteiger partial charge in [-0.2, -0.15) is 0 Å². The Morgan fingerprint density at radius 2 is 1.65 bits per heavy atom. The first-order chi connectivity index (χ1) is 12.8. The number of carbonyl (C=O) groups excluding carboxylic acids is 1. The number of nitrogens with one attached hydrogen (secondary N) is 2. The summed E-state index contributed by atoms with van der Waals surface area (Å²) in [5.41, 5.74) is 2.90. The predicted molar refractivity (Wildman–Crippen MR) is 103 cm³/mol. The lowest BCUT2D eigenvalue weighted by atomic mass is 10.1. The highest BCUT2D eigenvalue weighted by Gasteiger charge is 2.05. The summed E-state index contributed by atoms with van der Waals surface area (Å²) in [6, 6.07) is 21.4. The molecule has 0 aliphatic heterocycles. The lowest BCUT2D eigenvalue weighted by molar-refractivity contribution is 0.250. The zero-order chi connectivity index (χ0) is 18.0. The van der Waals surface area contributed by atoms with Crippen molar-refractivity contribution in [1.29, 1.82) is 0 Å². The maximum absolute atomic E-state index is 11.8. The zero-order valence-corrected chi connectivity index (χ0v) is 14.4. The molecular formula is C21H21N3O2. The molecular weight excluding hydrogens is 326 g/mol. The number of carbonyl (C=O) groups is 1. The minimum Gasteiger partial charge on any atom is -0.493 e. The van der Waals surface area contributed by atoms with Crippen LogP contribution in [0.4, 0.5) is 10.5 Å². The van der Waals surface area contributed by atoms with Gasteiger partial charge in [-0.05, 0) is 30.2 Å². The molecule has 0 unspecified atom stereocenters. The molecule has 1 heterocycles. The molecule has 2 amide bonds. The maximum Gasteiger partial charge on any atom is 0.319 e. The molecule has 1 aromatic heterocycles. The third-order valence-corrected chi connectivity index (χ3v) is 3.77. The van der Waals surface area contributed by atoms with Crippen LogP contribution < -0.4 is 15.4 Å². The SMILES string of the molecule is O=C(NCCCOc1ccccc1-c1ccccc1)Nc1ccncc1. The average molecular weight is 347 g/mol. The van der Waals surface area contributed by atoms with E-state index < -0.39 is 0 Å². The summed E-state index contributed by atoms with van der Waals surface area (Å²) >= 11 is 0. The molecule has 3 aromatic rings. The molecule has 0 saturated carbocycles. The lowest BCUT2D eigenvalue weighted by Crippen LogP contribution is -2.30. The second kappa shape index (κ2) is 9.22. The van der Waals surface area contributed by atoms with E-state index >= 15 is 0 Å². The van der Waals surface area contributed by atoms with Crippen LogP contribution in [0, 0.1) is 0 Å². The van der Waals surface area contributed by atoms with Crippen molar-refractivity contribution >= 4 is 11.7 Å². The van der Waals surface area contributed by atoms with Gasteiger partial charge in [0.2, 0.25) is 0 Å². The molecule has 0 atom stereocenters. The molecule has 0 spiro atoms. The highest BCUT2D eigenvalue weighted by Crippen LogP contribution is 2.29. The number of ether oxygens (including phenoxy) is 1. The highest BCUT2D eigenvalue weighted by molar-refractivity contribution is 5.89. The van der Waals surface area contributed by atoms with Crippen LogP contribution in [0.15, 0.2) is 79.1 Å². The number of hydrogen-bond donors (Lipinski definition) is 2. The minimum atomic E-state index is -0.235. The number of aromatic nitrogens is 1.